The van der Waals surface area contributed by atoms with Crippen molar-refractivity contribution in [3.8, 4) is 0 Å². The van der Waals surface area contributed by atoms with E-state index in [0.717, 1.165) is 32.7 Å². The Morgan fingerprint density at radius 3 is 2.58 bits per heavy atom. The Kier molecular flexibility index (Phi) is 4.55. The summed E-state index contributed by atoms with van der Waals surface area (Å²) >= 11 is 0. The number of nitrogens with zero attached hydrogens (tertiary/aromatic N) is 3. The fraction of sp³-hybridized carbons (Fsp3) is 0.692. The Morgan fingerprint density at radius 1 is 1.32 bits per heavy atom. The SMILES string of the molecule is Cc1nc(C(=O)NCCN2CCN(C)CC2)c(C)o1. The molecule has 0 bridgehead atoms. The summed E-state index contributed by atoms with van der Waals surface area (Å²) in [4.78, 5) is 20.7. The topological polar surface area (TPSA) is 61.6 Å². The van der Waals surface area contributed by atoms with Crippen LogP contribution in [0.2, 0.25) is 0 Å². The molecular formula is C13H22N4O2. The number of oxazole rings is 1. The van der Waals surface area contributed by atoms with E-state index in [9.17, 15) is 4.79 Å². The van der Waals surface area contributed by atoms with Crippen LogP contribution >= 0.6 is 0 Å². The number of nitrogens with one attached hydrogen (secondary N) is 1. The van der Waals surface area contributed by atoms with Gasteiger partial charge in [0, 0.05) is 46.2 Å². The highest BCUT2D eigenvalue weighted by atomic mass is 16.4. The number of aromatic nitrogens is 1. The lowest BCUT2D eigenvalue weighted by Gasteiger charge is -2.32. The van der Waals surface area contributed by atoms with Crippen LogP contribution in [0.5, 0.6) is 0 Å². The normalized spacial score (nSPS) is 17.6. The minimum absolute atomic E-state index is 0.150. The Balaban J connectivity index is 1.74. The quantitative estimate of drug-likeness (QED) is 0.847. The van der Waals surface area contributed by atoms with Gasteiger partial charge in [0.25, 0.3) is 5.91 Å². The summed E-state index contributed by atoms with van der Waals surface area (Å²) < 4.78 is 5.26. The fourth-order valence-corrected chi connectivity index (χ4v) is 2.22. The highest BCUT2D eigenvalue weighted by Gasteiger charge is 2.16. The Labute approximate surface area is 113 Å². The van der Waals surface area contributed by atoms with E-state index in [1.807, 2.05) is 0 Å². The molecule has 0 aliphatic carbocycles. The van der Waals surface area contributed by atoms with Crippen LogP contribution in [0, 0.1) is 13.8 Å². The number of aryl methyl sites for hydroxylation is 2. The van der Waals surface area contributed by atoms with Crippen LogP contribution in [-0.4, -0.2) is 67.0 Å². The molecule has 1 aromatic rings. The van der Waals surface area contributed by atoms with Gasteiger partial charge in [0.2, 0.25) is 0 Å². The van der Waals surface area contributed by atoms with E-state index in [2.05, 4.69) is 27.1 Å². The molecule has 0 unspecified atom stereocenters. The van der Waals surface area contributed by atoms with Gasteiger partial charge in [-0.1, -0.05) is 0 Å². The molecule has 1 fully saturated rings. The number of amides is 1. The molecule has 2 rings (SSSR count). The summed E-state index contributed by atoms with van der Waals surface area (Å²) in [5, 5.41) is 2.89. The second kappa shape index (κ2) is 6.16. The van der Waals surface area contributed by atoms with Gasteiger partial charge in [-0.25, -0.2) is 4.98 Å². The monoisotopic (exact) mass is 266 g/mol. The number of carbonyl (C=O) groups excluding carboxylic acids is 1. The van der Waals surface area contributed by atoms with Crippen molar-refractivity contribution in [3.63, 3.8) is 0 Å². The van der Waals surface area contributed by atoms with Gasteiger partial charge < -0.3 is 14.6 Å². The Hall–Kier alpha value is -1.40. The summed E-state index contributed by atoms with van der Waals surface area (Å²) in [5.74, 6) is 0.958. The molecule has 0 radical (unpaired) electrons. The first-order chi connectivity index (χ1) is 9.06. The van der Waals surface area contributed by atoms with Gasteiger partial charge in [-0.2, -0.15) is 0 Å². The zero-order chi connectivity index (χ0) is 13.8. The molecule has 1 aromatic heterocycles. The molecule has 1 N–H and O–H groups in total. The van der Waals surface area contributed by atoms with Crippen molar-refractivity contribution in [2.75, 3.05) is 46.3 Å². The smallest absolute Gasteiger partial charge is 0.273 e. The third kappa shape index (κ3) is 3.78. The molecule has 19 heavy (non-hydrogen) atoms. The van der Waals surface area contributed by atoms with Crippen molar-refractivity contribution in [2.24, 2.45) is 0 Å². The summed E-state index contributed by atoms with van der Waals surface area (Å²) in [7, 11) is 2.13. The Morgan fingerprint density at radius 2 is 2.00 bits per heavy atom. The lowest BCUT2D eigenvalue weighted by Crippen LogP contribution is -2.46. The first-order valence-corrected chi connectivity index (χ1v) is 6.69. The van der Waals surface area contributed by atoms with Crippen molar-refractivity contribution in [3.05, 3.63) is 17.3 Å². The van der Waals surface area contributed by atoms with Crippen molar-refractivity contribution in [2.45, 2.75) is 13.8 Å². The largest absolute Gasteiger partial charge is 0.445 e. The van der Waals surface area contributed by atoms with Crippen molar-refractivity contribution >= 4 is 5.91 Å². The average Bonchev–Trinajstić information content (AvgIpc) is 2.71. The molecule has 1 amide bonds. The van der Waals surface area contributed by atoms with E-state index >= 15 is 0 Å². The van der Waals surface area contributed by atoms with E-state index in [1.54, 1.807) is 13.8 Å². The lowest BCUT2D eigenvalue weighted by atomic mass is 10.3. The summed E-state index contributed by atoms with van der Waals surface area (Å²) in [6.07, 6.45) is 0. The maximum Gasteiger partial charge on any atom is 0.273 e. The van der Waals surface area contributed by atoms with Crippen molar-refractivity contribution in [1.29, 1.82) is 0 Å². The molecule has 1 saturated heterocycles. The number of piperazine rings is 1. The number of hydrogen-bond acceptors (Lipinski definition) is 5. The van der Waals surface area contributed by atoms with Crippen LogP contribution < -0.4 is 5.32 Å². The zero-order valence-corrected chi connectivity index (χ0v) is 11.9. The van der Waals surface area contributed by atoms with Crippen molar-refractivity contribution in [1.82, 2.24) is 20.1 Å². The van der Waals surface area contributed by atoms with Gasteiger partial charge in [0.1, 0.15) is 5.76 Å². The predicted molar refractivity (Wildman–Crippen MR) is 72.2 cm³/mol. The van der Waals surface area contributed by atoms with Crippen molar-refractivity contribution < 1.29 is 9.21 Å². The van der Waals surface area contributed by atoms with Crippen LogP contribution in [0.15, 0.2) is 4.42 Å². The third-order valence-corrected chi connectivity index (χ3v) is 3.43. The predicted octanol–water partition coefficient (Wildman–Crippen LogP) is 0.269. The third-order valence-electron chi connectivity index (χ3n) is 3.43. The van der Waals surface area contributed by atoms with E-state index in [4.69, 9.17) is 4.42 Å². The first-order valence-electron chi connectivity index (χ1n) is 6.69. The summed E-state index contributed by atoms with van der Waals surface area (Å²) in [6, 6.07) is 0. The van der Waals surface area contributed by atoms with E-state index in [-0.39, 0.29) is 5.91 Å². The molecule has 1 aliphatic heterocycles. The van der Waals surface area contributed by atoms with Gasteiger partial charge >= 0.3 is 0 Å². The molecule has 2 heterocycles. The minimum atomic E-state index is -0.150. The van der Waals surface area contributed by atoms with Gasteiger partial charge in [-0.15, -0.1) is 0 Å². The van der Waals surface area contributed by atoms with Crippen LogP contribution in [0.1, 0.15) is 22.1 Å². The van der Waals surface area contributed by atoms with E-state index in [0.29, 0.717) is 23.9 Å². The molecule has 6 nitrogen and oxygen atoms in total. The van der Waals surface area contributed by atoms with E-state index < -0.39 is 0 Å². The molecule has 0 saturated carbocycles. The molecule has 0 spiro atoms. The molecule has 0 aromatic carbocycles. The molecule has 106 valence electrons. The standard InChI is InChI=1S/C13H22N4O2/c1-10-12(15-11(2)19-10)13(18)14-4-5-17-8-6-16(3)7-9-17/h4-9H2,1-3H3,(H,14,18). The summed E-state index contributed by atoms with van der Waals surface area (Å²) in [5.41, 5.74) is 0.399. The second-order valence-corrected chi connectivity index (χ2v) is 5.04. The maximum atomic E-state index is 11.9. The highest BCUT2D eigenvalue weighted by Crippen LogP contribution is 2.08. The molecule has 0 atom stereocenters. The van der Waals surface area contributed by atoms with Crippen LogP contribution in [0.3, 0.4) is 0 Å². The van der Waals surface area contributed by atoms with Crippen LogP contribution in [0.4, 0.5) is 0 Å². The van der Waals surface area contributed by atoms with Crippen LogP contribution in [-0.2, 0) is 0 Å². The zero-order valence-electron chi connectivity index (χ0n) is 11.9. The van der Waals surface area contributed by atoms with Gasteiger partial charge in [0.15, 0.2) is 11.6 Å². The van der Waals surface area contributed by atoms with Gasteiger partial charge in [-0.05, 0) is 14.0 Å². The lowest BCUT2D eigenvalue weighted by molar-refractivity contribution is 0.0935. The number of hydrogen-bond donors (Lipinski definition) is 1. The number of likely N-dealkylation sites (N-methyl/N-ethyl adjacent to an activating group) is 1. The summed E-state index contributed by atoms with van der Waals surface area (Å²) in [6.45, 7) is 9.35. The van der Waals surface area contributed by atoms with Gasteiger partial charge in [0.05, 0.1) is 0 Å². The maximum absolute atomic E-state index is 11.9. The number of carbonyl (C=O) groups is 1. The second-order valence-electron chi connectivity index (χ2n) is 5.04. The van der Waals surface area contributed by atoms with E-state index in [1.165, 1.54) is 0 Å². The van der Waals surface area contributed by atoms with Gasteiger partial charge in [-0.3, -0.25) is 9.69 Å². The minimum Gasteiger partial charge on any atom is -0.445 e. The molecule has 6 heteroatoms. The molecule has 1 aliphatic rings. The number of rotatable bonds is 4. The van der Waals surface area contributed by atoms with Crippen LogP contribution in [0.25, 0.3) is 0 Å². The first kappa shape index (κ1) is 14.0. The average molecular weight is 266 g/mol. The Bertz CT molecular complexity index is 436. The molecular weight excluding hydrogens is 244 g/mol. The fourth-order valence-electron chi connectivity index (χ4n) is 2.22. The highest BCUT2D eigenvalue weighted by molar-refractivity contribution is 5.93.